The summed E-state index contributed by atoms with van der Waals surface area (Å²) in [6.45, 7) is 4.13. The molecule has 0 fully saturated rings. The van der Waals surface area contributed by atoms with Crippen LogP contribution in [0, 0.1) is 0 Å². The molecule has 0 radical (unpaired) electrons. The number of hydrogen-bond donors (Lipinski definition) is 1. The summed E-state index contributed by atoms with van der Waals surface area (Å²) < 4.78 is 1.44. The molecule has 1 aliphatic rings. The van der Waals surface area contributed by atoms with Gasteiger partial charge >= 0.3 is 0 Å². The third kappa shape index (κ3) is 2.67. The van der Waals surface area contributed by atoms with Crippen molar-refractivity contribution in [1.82, 2.24) is 14.9 Å². The Morgan fingerprint density at radius 1 is 1.41 bits per heavy atom. The first-order valence-electron chi connectivity index (χ1n) is 7.93. The van der Waals surface area contributed by atoms with Crippen molar-refractivity contribution in [2.45, 2.75) is 58.5 Å². The Hall–Kier alpha value is -1.69. The highest BCUT2D eigenvalue weighted by atomic mass is 32.1. The number of aromatic nitrogens is 2. The van der Waals surface area contributed by atoms with E-state index >= 15 is 0 Å². The van der Waals surface area contributed by atoms with Crippen LogP contribution in [0.5, 0.6) is 0 Å². The molecule has 0 atom stereocenters. The van der Waals surface area contributed by atoms with Crippen molar-refractivity contribution >= 4 is 27.5 Å². The predicted octanol–water partition coefficient (Wildman–Crippen LogP) is 2.25. The molecular formula is C16H21N3O2S. The maximum Gasteiger partial charge on any atom is 0.262 e. The Bertz CT molecular complexity index is 759. The molecule has 0 bridgehead atoms. The van der Waals surface area contributed by atoms with Gasteiger partial charge in [0.2, 0.25) is 5.91 Å². The number of aryl methyl sites for hydroxylation is 2. The highest BCUT2D eigenvalue weighted by molar-refractivity contribution is 7.18. The van der Waals surface area contributed by atoms with Crippen LogP contribution in [0.4, 0.5) is 0 Å². The molecule has 0 aromatic carbocycles. The molecule has 0 saturated carbocycles. The standard InChI is InChI=1S/C16H21N3O2S/c1-3-10(4-2)18-13(20)8-19-9-17-15-14(16(19)21)11-6-5-7-12(11)22-15/h9-10H,3-8H2,1-2H3,(H,18,20). The summed E-state index contributed by atoms with van der Waals surface area (Å²) in [5.74, 6) is -0.121. The van der Waals surface area contributed by atoms with Crippen LogP contribution < -0.4 is 10.9 Å². The van der Waals surface area contributed by atoms with Crippen LogP contribution in [-0.4, -0.2) is 21.5 Å². The molecular weight excluding hydrogens is 298 g/mol. The van der Waals surface area contributed by atoms with E-state index < -0.39 is 0 Å². The van der Waals surface area contributed by atoms with E-state index in [0.717, 1.165) is 47.9 Å². The minimum atomic E-state index is -0.121. The maximum atomic E-state index is 12.7. The summed E-state index contributed by atoms with van der Waals surface area (Å²) in [4.78, 5) is 31.2. The van der Waals surface area contributed by atoms with Gasteiger partial charge in [-0.3, -0.25) is 14.2 Å². The Kier molecular flexibility index (Phi) is 4.29. The second kappa shape index (κ2) is 6.20. The van der Waals surface area contributed by atoms with Gasteiger partial charge in [0.25, 0.3) is 5.56 Å². The van der Waals surface area contributed by atoms with E-state index in [2.05, 4.69) is 10.3 Å². The molecule has 2 aromatic heterocycles. The molecule has 0 aliphatic heterocycles. The molecule has 1 N–H and O–H groups in total. The fourth-order valence-electron chi connectivity index (χ4n) is 3.05. The highest BCUT2D eigenvalue weighted by Gasteiger charge is 2.21. The summed E-state index contributed by atoms with van der Waals surface area (Å²) in [5, 5.41) is 3.69. The largest absolute Gasteiger partial charge is 0.352 e. The number of thiophene rings is 1. The van der Waals surface area contributed by atoms with Gasteiger partial charge in [-0.1, -0.05) is 13.8 Å². The SMILES string of the molecule is CCC(CC)NC(=O)Cn1cnc2sc3c(c2c1=O)CCC3. The van der Waals surface area contributed by atoms with Crippen LogP contribution in [0.25, 0.3) is 10.2 Å². The normalized spacial score (nSPS) is 13.8. The van der Waals surface area contributed by atoms with Crippen molar-refractivity contribution in [3.05, 3.63) is 27.1 Å². The van der Waals surface area contributed by atoms with Gasteiger partial charge in [-0.15, -0.1) is 11.3 Å². The first kappa shape index (κ1) is 15.2. The predicted molar refractivity (Wildman–Crippen MR) is 88.4 cm³/mol. The molecule has 0 unspecified atom stereocenters. The number of rotatable bonds is 5. The Balaban J connectivity index is 1.87. The summed E-state index contributed by atoms with van der Waals surface area (Å²) in [6.07, 6.45) is 6.41. The zero-order valence-corrected chi connectivity index (χ0v) is 13.8. The quantitative estimate of drug-likeness (QED) is 0.919. The van der Waals surface area contributed by atoms with Crippen molar-refractivity contribution in [2.24, 2.45) is 0 Å². The fourth-order valence-corrected chi connectivity index (χ4v) is 4.27. The monoisotopic (exact) mass is 319 g/mol. The zero-order valence-electron chi connectivity index (χ0n) is 13.0. The number of nitrogens with zero attached hydrogens (tertiary/aromatic N) is 2. The topological polar surface area (TPSA) is 64.0 Å². The Morgan fingerprint density at radius 3 is 2.91 bits per heavy atom. The summed E-state index contributed by atoms with van der Waals surface area (Å²) in [6, 6.07) is 0.172. The highest BCUT2D eigenvalue weighted by Crippen LogP contribution is 2.34. The molecule has 0 saturated heterocycles. The second-order valence-electron chi connectivity index (χ2n) is 5.80. The lowest BCUT2D eigenvalue weighted by Gasteiger charge is -2.15. The van der Waals surface area contributed by atoms with Crippen LogP contribution in [0.2, 0.25) is 0 Å². The molecule has 118 valence electrons. The maximum absolute atomic E-state index is 12.7. The third-order valence-corrected chi connectivity index (χ3v) is 5.56. The van der Waals surface area contributed by atoms with Gasteiger partial charge in [-0.2, -0.15) is 0 Å². The lowest BCUT2D eigenvalue weighted by molar-refractivity contribution is -0.122. The van der Waals surface area contributed by atoms with Gasteiger partial charge in [-0.05, 0) is 37.7 Å². The second-order valence-corrected chi connectivity index (χ2v) is 6.88. The molecule has 5 nitrogen and oxygen atoms in total. The molecule has 2 heterocycles. The molecule has 0 spiro atoms. The van der Waals surface area contributed by atoms with E-state index in [9.17, 15) is 9.59 Å². The van der Waals surface area contributed by atoms with Crippen LogP contribution >= 0.6 is 11.3 Å². The van der Waals surface area contributed by atoms with E-state index in [1.165, 1.54) is 15.8 Å². The third-order valence-electron chi connectivity index (χ3n) is 4.36. The first-order chi connectivity index (χ1) is 10.6. The van der Waals surface area contributed by atoms with Crippen LogP contribution in [-0.2, 0) is 24.2 Å². The number of hydrogen-bond acceptors (Lipinski definition) is 4. The van der Waals surface area contributed by atoms with E-state index in [4.69, 9.17) is 0 Å². The summed E-state index contributed by atoms with van der Waals surface area (Å²) >= 11 is 1.62. The number of carbonyl (C=O) groups excluding carboxylic acids is 1. The van der Waals surface area contributed by atoms with Crippen LogP contribution in [0.3, 0.4) is 0 Å². The van der Waals surface area contributed by atoms with Crippen molar-refractivity contribution in [3.8, 4) is 0 Å². The number of fused-ring (bicyclic) bond motifs is 3. The summed E-state index contributed by atoms with van der Waals surface area (Å²) in [7, 11) is 0. The van der Waals surface area contributed by atoms with Crippen LogP contribution in [0.1, 0.15) is 43.6 Å². The molecule has 2 aromatic rings. The molecule has 6 heteroatoms. The smallest absolute Gasteiger partial charge is 0.262 e. The van der Waals surface area contributed by atoms with Crippen LogP contribution in [0.15, 0.2) is 11.1 Å². The first-order valence-corrected chi connectivity index (χ1v) is 8.74. The molecule has 22 heavy (non-hydrogen) atoms. The zero-order chi connectivity index (χ0) is 15.7. The average molecular weight is 319 g/mol. The van der Waals surface area contributed by atoms with Gasteiger partial charge in [0.15, 0.2) is 0 Å². The molecule has 3 rings (SSSR count). The minimum Gasteiger partial charge on any atom is -0.352 e. The van der Waals surface area contributed by atoms with E-state index in [1.54, 1.807) is 11.3 Å². The van der Waals surface area contributed by atoms with Gasteiger partial charge in [-0.25, -0.2) is 4.98 Å². The van der Waals surface area contributed by atoms with E-state index in [-0.39, 0.29) is 24.1 Å². The summed E-state index contributed by atoms with van der Waals surface area (Å²) in [5.41, 5.74) is 1.08. The Morgan fingerprint density at radius 2 is 2.18 bits per heavy atom. The fraction of sp³-hybridized carbons (Fsp3) is 0.562. The average Bonchev–Trinajstić information content (AvgIpc) is 3.08. The van der Waals surface area contributed by atoms with Gasteiger partial charge in [0.1, 0.15) is 11.4 Å². The van der Waals surface area contributed by atoms with Gasteiger partial charge < -0.3 is 5.32 Å². The minimum absolute atomic E-state index is 0.0445. The molecule has 1 aliphatic carbocycles. The number of carbonyl (C=O) groups is 1. The van der Waals surface area contributed by atoms with Crippen molar-refractivity contribution in [3.63, 3.8) is 0 Å². The number of amides is 1. The van der Waals surface area contributed by atoms with E-state index in [0.29, 0.717) is 0 Å². The van der Waals surface area contributed by atoms with Crippen molar-refractivity contribution in [1.29, 1.82) is 0 Å². The van der Waals surface area contributed by atoms with Crippen molar-refractivity contribution < 1.29 is 4.79 Å². The van der Waals surface area contributed by atoms with Crippen molar-refractivity contribution in [2.75, 3.05) is 0 Å². The van der Waals surface area contributed by atoms with Gasteiger partial charge in [0, 0.05) is 10.9 Å². The Labute approximate surface area is 133 Å². The lowest BCUT2D eigenvalue weighted by Crippen LogP contribution is -2.38. The van der Waals surface area contributed by atoms with Gasteiger partial charge in [0.05, 0.1) is 11.7 Å². The number of nitrogens with one attached hydrogen (secondary N) is 1. The lowest BCUT2D eigenvalue weighted by atomic mass is 10.2. The molecule has 1 amide bonds. The van der Waals surface area contributed by atoms with E-state index in [1.807, 2.05) is 13.8 Å².